The lowest BCUT2D eigenvalue weighted by Gasteiger charge is -2.22. The van der Waals surface area contributed by atoms with Crippen molar-refractivity contribution in [3.63, 3.8) is 0 Å². The normalized spacial score (nSPS) is 23.6. The highest BCUT2D eigenvalue weighted by Crippen LogP contribution is 2.07. The average Bonchev–Trinajstić information content (AvgIpc) is 2.16. The van der Waals surface area contributed by atoms with Crippen LogP contribution in [-0.2, 0) is 19.0 Å². The van der Waals surface area contributed by atoms with Crippen LogP contribution in [0, 0.1) is 0 Å². The van der Waals surface area contributed by atoms with Gasteiger partial charge >= 0.3 is 5.97 Å². The highest BCUT2D eigenvalue weighted by molar-refractivity contribution is 5.69. The van der Waals surface area contributed by atoms with Crippen molar-refractivity contribution in [2.45, 2.75) is 18.9 Å². The summed E-state index contributed by atoms with van der Waals surface area (Å²) in [7, 11) is 1.39. The maximum Gasteiger partial charge on any atom is 0.305 e. The molecule has 0 bridgehead atoms. The summed E-state index contributed by atoms with van der Waals surface area (Å²) >= 11 is 0. The van der Waals surface area contributed by atoms with Crippen molar-refractivity contribution in [1.82, 2.24) is 0 Å². The molecule has 0 amide bonds. The zero-order chi connectivity index (χ0) is 8.81. The number of hydrogen-bond acceptors (Lipinski definition) is 4. The average molecular weight is 174 g/mol. The van der Waals surface area contributed by atoms with Gasteiger partial charge in [0.1, 0.15) is 0 Å². The molecule has 1 unspecified atom stereocenters. The first kappa shape index (κ1) is 9.48. The Hall–Kier alpha value is -0.610. The quantitative estimate of drug-likeness (QED) is 0.579. The van der Waals surface area contributed by atoms with Crippen LogP contribution in [0.25, 0.3) is 0 Å². The van der Waals surface area contributed by atoms with E-state index in [2.05, 4.69) is 4.74 Å². The summed E-state index contributed by atoms with van der Waals surface area (Å²) in [6.45, 7) is 1.89. The Morgan fingerprint density at radius 3 is 3.00 bits per heavy atom. The van der Waals surface area contributed by atoms with Gasteiger partial charge in [-0.1, -0.05) is 0 Å². The Labute approximate surface area is 71.8 Å². The van der Waals surface area contributed by atoms with Crippen LogP contribution in [0.1, 0.15) is 12.8 Å². The second kappa shape index (κ2) is 5.11. The third-order valence-electron chi connectivity index (χ3n) is 1.78. The van der Waals surface area contributed by atoms with Gasteiger partial charge in [0.15, 0.2) is 0 Å². The number of rotatable bonds is 3. The van der Waals surface area contributed by atoms with Crippen molar-refractivity contribution < 1.29 is 19.0 Å². The van der Waals surface area contributed by atoms with E-state index in [-0.39, 0.29) is 12.1 Å². The number of carbonyl (C=O) groups excluding carboxylic acids is 1. The second-order valence-electron chi connectivity index (χ2n) is 2.68. The van der Waals surface area contributed by atoms with Crippen LogP contribution >= 0.6 is 0 Å². The molecular weight excluding hydrogens is 160 g/mol. The molecule has 1 saturated heterocycles. The van der Waals surface area contributed by atoms with Gasteiger partial charge in [-0.15, -0.1) is 0 Å². The van der Waals surface area contributed by atoms with Crippen LogP contribution in [0.3, 0.4) is 0 Å². The molecule has 0 radical (unpaired) electrons. The van der Waals surface area contributed by atoms with Gasteiger partial charge in [-0.2, -0.15) is 0 Å². The summed E-state index contributed by atoms with van der Waals surface area (Å²) in [6, 6.07) is 0. The Bertz CT molecular complexity index is 140. The van der Waals surface area contributed by atoms with Gasteiger partial charge in [-0.3, -0.25) is 4.79 Å². The third kappa shape index (κ3) is 3.19. The van der Waals surface area contributed by atoms with E-state index in [1.165, 1.54) is 7.11 Å². The first-order valence-corrected chi connectivity index (χ1v) is 4.09. The molecule has 1 aliphatic rings. The van der Waals surface area contributed by atoms with E-state index >= 15 is 0 Å². The smallest absolute Gasteiger partial charge is 0.305 e. The molecular formula is C8H14O4. The predicted octanol–water partition coefficient (Wildman–Crippen LogP) is 0.355. The van der Waals surface area contributed by atoms with Crippen molar-refractivity contribution in [2.24, 2.45) is 0 Å². The van der Waals surface area contributed by atoms with E-state index in [1.807, 2.05) is 0 Å². The van der Waals surface area contributed by atoms with E-state index in [4.69, 9.17) is 9.47 Å². The van der Waals surface area contributed by atoms with Crippen molar-refractivity contribution in [2.75, 3.05) is 26.9 Å². The summed E-state index contributed by atoms with van der Waals surface area (Å²) in [4.78, 5) is 10.7. The Morgan fingerprint density at radius 1 is 1.58 bits per heavy atom. The van der Waals surface area contributed by atoms with Crippen molar-refractivity contribution >= 4 is 5.97 Å². The van der Waals surface area contributed by atoms with Crippen LogP contribution in [0.15, 0.2) is 0 Å². The SMILES string of the molecule is COC(=O)CCC1COCCO1. The first-order valence-electron chi connectivity index (χ1n) is 4.09. The zero-order valence-corrected chi connectivity index (χ0v) is 7.25. The van der Waals surface area contributed by atoms with Gasteiger partial charge in [0, 0.05) is 6.42 Å². The van der Waals surface area contributed by atoms with Gasteiger partial charge in [0.25, 0.3) is 0 Å². The number of esters is 1. The Morgan fingerprint density at radius 2 is 2.42 bits per heavy atom. The fourth-order valence-corrected chi connectivity index (χ4v) is 1.08. The molecule has 12 heavy (non-hydrogen) atoms. The molecule has 4 heteroatoms. The molecule has 0 spiro atoms. The molecule has 0 aromatic rings. The minimum absolute atomic E-state index is 0.0675. The van der Waals surface area contributed by atoms with Gasteiger partial charge < -0.3 is 14.2 Å². The maximum absolute atomic E-state index is 10.7. The molecule has 1 rings (SSSR count). The summed E-state index contributed by atoms with van der Waals surface area (Å²) in [6.07, 6.45) is 1.16. The Balaban J connectivity index is 2.09. The standard InChI is InChI=1S/C8H14O4/c1-10-8(9)3-2-7-6-11-4-5-12-7/h7H,2-6H2,1H3. The summed E-state index contributed by atoms with van der Waals surface area (Å²) in [5.41, 5.74) is 0. The highest BCUT2D eigenvalue weighted by atomic mass is 16.6. The number of hydrogen-bond donors (Lipinski definition) is 0. The van der Waals surface area contributed by atoms with Gasteiger partial charge in [-0.25, -0.2) is 0 Å². The molecule has 0 aromatic heterocycles. The number of ether oxygens (including phenoxy) is 3. The second-order valence-corrected chi connectivity index (χ2v) is 2.68. The van der Waals surface area contributed by atoms with Crippen LogP contribution in [0.4, 0.5) is 0 Å². The van der Waals surface area contributed by atoms with Gasteiger partial charge in [-0.05, 0) is 6.42 Å². The molecule has 1 aliphatic heterocycles. The topological polar surface area (TPSA) is 44.8 Å². The van der Waals surface area contributed by atoms with Gasteiger partial charge in [0.05, 0.1) is 33.0 Å². The predicted molar refractivity (Wildman–Crippen MR) is 41.8 cm³/mol. The van der Waals surface area contributed by atoms with E-state index < -0.39 is 0 Å². The third-order valence-corrected chi connectivity index (χ3v) is 1.78. The largest absolute Gasteiger partial charge is 0.469 e. The minimum Gasteiger partial charge on any atom is -0.469 e. The molecule has 4 nitrogen and oxygen atoms in total. The van der Waals surface area contributed by atoms with E-state index in [1.54, 1.807) is 0 Å². The summed E-state index contributed by atoms with van der Waals surface area (Å²) < 4.78 is 15.0. The first-order chi connectivity index (χ1) is 5.83. The lowest BCUT2D eigenvalue weighted by molar-refractivity contribution is -0.143. The molecule has 1 heterocycles. The van der Waals surface area contributed by atoms with E-state index in [0.29, 0.717) is 32.7 Å². The zero-order valence-electron chi connectivity index (χ0n) is 7.25. The molecule has 0 N–H and O–H groups in total. The molecule has 0 aliphatic carbocycles. The highest BCUT2D eigenvalue weighted by Gasteiger charge is 2.15. The lowest BCUT2D eigenvalue weighted by Crippen LogP contribution is -2.29. The van der Waals surface area contributed by atoms with Crippen LogP contribution < -0.4 is 0 Å². The number of carbonyl (C=O) groups is 1. The molecule has 0 aromatic carbocycles. The molecule has 1 atom stereocenters. The maximum atomic E-state index is 10.7. The Kier molecular flexibility index (Phi) is 4.04. The fraction of sp³-hybridized carbons (Fsp3) is 0.875. The molecule has 0 saturated carbocycles. The molecule has 70 valence electrons. The van der Waals surface area contributed by atoms with Crippen LogP contribution in [0.2, 0.25) is 0 Å². The van der Waals surface area contributed by atoms with Crippen LogP contribution in [-0.4, -0.2) is 39.0 Å². The fourth-order valence-electron chi connectivity index (χ4n) is 1.08. The molecule has 1 fully saturated rings. The lowest BCUT2D eigenvalue weighted by atomic mass is 10.2. The van der Waals surface area contributed by atoms with E-state index in [9.17, 15) is 4.79 Å². The summed E-state index contributed by atoms with van der Waals surface area (Å²) in [5.74, 6) is -0.191. The number of methoxy groups -OCH3 is 1. The van der Waals surface area contributed by atoms with Crippen molar-refractivity contribution in [3.05, 3.63) is 0 Å². The van der Waals surface area contributed by atoms with Crippen molar-refractivity contribution in [3.8, 4) is 0 Å². The monoisotopic (exact) mass is 174 g/mol. The van der Waals surface area contributed by atoms with Gasteiger partial charge in [0.2, 0.25) is 0 Å². The van der Waals surface area contributed by atoms with E-state index in [0.717, 1.165) is 0 Å². The van der Waals surface area contributed by atoms with Crippen LogP contribution in [0.5, 0.6) is 0 Å². The minimum atomic E-state index is -0.191. The summed E-state index contributed by atoms with van der Waals surface area (Å²) in [5, 5.41) is 0. The van der Waals surface area contributed by atoms with Crippen molar-refractivity contribution in [1.29, 1.82) is 0 Å².